The van der Waals surface area contributed by atoms with E-state index in [9.17, 15) is 19.5 Å². The van der Waals surface area contributed by atoms with Crippen LogP contribution < -0.4 is 11.1 Å². The summed E-state index contributed by atoms with van der Waals surface area (Å²) in [6.45, 7) is 3.94. The molecule has 0 aliphatic carbocycles. The molecular weight excluding hydrogens is 556 g/mol. The molecule has 0 radical (unpaired) electrons. The van der Waals surface area contributed by atoms with E-state index in [2.05, 4.69) is 20.4 Å². The maximum atomic E-state index is 13.5. The molecule has 0 spiro atoms. The highest BCUT2D eigenvalue weighted by molar-refractivity contribution is 6.33. The number of halogens is 1. The van der Waals surface area contributed by atoms with Gasteiger partial charge in [-0.3, -0.25) is 30.0 Å². The zero-order valence-corrected chi connectivity index (χ0v) is 23.3. The molecule has 0 bridgehead atoms. The van der Waals surface area contributed by atoms with Gasteiger partial charge in [0.2, 0.25) is 0 Å². The van der Waals surface area contributed by atoms with Crippen LogP contribution in [-0.2, 0) is 0 Å². The Morgan fingerprint density at radius 1 is 0.714 bits per heavy atom. The van der Waals surface area contributed by atoms with Crippen LogP contribution in [0.5, 0.6) is 0 Å². The van der Waals surface area contributed by atoms with E-state index in [-0.39, 0.29) is 10.6 Å². The third-order valence-corrected chi connectivity index (χ3v) is 7.61. The molecule has 42 heavy (non-hydrogen) atoms. The lowest BCUT2D eigenvalue weighted by Crippen LogP contribution is -2.19. The van der Waals surface area contributed by atoms with Crippen LogP contribution >= 0.6 is 11.6 Å². The molecule has 5 N–H and O–H groups in total. The van der Waals surface area contributed by atoms with E-state index >= 15 is 0 Å². The number of hydrogen-bond donors (Lipinski definition) is 5. The Morgan fingerprint density at radius 2 is 1.21 bits per heavy atom. The first kappa shape index (κ1) is 26.9. The normalized spacial score (nSPS) is 11.3. The van der Waals surface area contributed by atoms with Gasteiger partial charge in [-0.15, -0.1) is 0 Å². The molecule has 0 saturated heterocycles. The van der Waals surface area contributed by atoms with Gasteiger partial charge in [0.15, 0.2) is 0 Å². The number of furan rings is 1. The van der Waals surface area contributed by atoms with Crippen molar-refractivity contribution in [3.05, 3.63) is 138 Å². The maximum Gasteiger partial charge on any atom is 0.337 e. The average molecular weight is 581 g/mol. The third kappa shape index (κ3) is 4.80. The number of carboxylic acids is 1. The van der Waals surface area contributed by atoms with E-state index in [0.717, 1.165) is 22.3 Å². The number of hydrogen-bond acceptors (Lipinski definition) is 4. The lowest BCUT2D eigenvalue weighted by molar-refractivity contribution is 0.0697. The quantitative estimate of drug-likeness (QED) is 0.147. The van der Waals surface area contributed by atoms with Gasteiger partial charge in [-0.2, -0.15) is 0 Å². The zero-order valence-electron chi connectivity index (χ0n) is 22.5. The van der Waals surface area contributed by atoms with E-state index in [0.29, 0.717) is 39.6 Å². The first-order chi connectivity index (χ1) is 20.2. The van der Waals surface area contributed by atoms with Gasteiger partial charge in [0.25, 0.3) is 11.1 Å². The summed E-state index contributed by atoms with van der Waals surface area (Å²) in [5, 5.41) is 21.0. The summed E-state index contributed by atoms with van der Waals surface area (Å²) in [4.78, 5) is 38.7. The SMILES string of the molecule is Cc1ccc(-c2[nH][nH]c(=O)c2C(c2ccc(-c3ccc(Cl)c(C(=O)O)c3)o2)c2c(-c3ccc(C)cc3)[nH][nH]c2=O)cc1. The Kier molecular flexibility index (Phi) is 6.80. The van der Waals surface area contributed by atoms with Crippen molar-refractivity contribution >= 4 is 17.6 Å². The smallest absolute Gasteiger partial charge is 0.337 e. The van der Waals surface area contributed by atoms with E-state index in [1.807, 2.05) is 62.4 Å². The van der Waals surface area contributed by atoms with Crippen molar-refractivity contribution < 1.29 is 14.3 Å². The van der Waals surface area contributed by atoms with Gasteiger partial charge >= 0.3 is 5.97 Å². The Balaban J connectivity index is 1.58. The highest BCUT2D eigenvalue weighted by Crippen LogP contribution is 2.40. The summed E-state index contributed by atoms with van der Waals surface area (Å²) >= 11 is 6.08. The number of aromatic amines is 4. The number of rotatable bonds is 7. The van der Waals surface area contributed by atoms with Gasteiger partial charge < -0.3 is 9.52 Å². The molecule has 0 aliphatic rings. The number of carbonyl (C=O) groups is 1. The molecule has 0 fully saturated rings. The van der Waals surface area contributed by atoms with Gasteiger partial charge in [0, 0.05) is 5.56 Å². The van der Waals surface area contributed by atoms with Gasteiger partial charge in [-0.25, -0.2) is 4.79 Å². The van der Waals surface area contributed by atoms with E-state index < -0.39 is 23.0 Å². The fourth-order valence-corrected chi connectivity index (χ4v) is 5.31. The summed E-state index contributed by atoms with van der Waals surface area (Å²) < 4.78 is 6.31. The molecule has 6 rings (SSSR count). The predicted octanol–water partition coefficient (Wildman–Crippen LogP) is 6.46. The number of aromatic carboxylic acids is 1. The van der Waals surface area contributed by atoms with E-state index in [4.69, 9.17) is 16.0 Å². The Morgan fingerprint density at radius 3 is 1.71 bits per heavy atom. The second-order valence-electron chi connectivity index (χ2n) is 10.1. The first-order valence-corrected chi connectivity index (χ1v) is 13.5. The Hall–Kier alpha value is -5.28. The molecule has 0 amide bonds. The lowest BCUT2D eigenvalue weighted by atomic mass is 9.86. The molecule has 3 heterocycles. The number of carboxylic acid groups (broad SMARTS) is 1. The topological polar surface area (TPSA) is 148 Å². The van der Waals surface area contributed by atoms with E-state index in [1.165, 1.54) is 12.1 Å². The van der Waals surface area contributed by atoms with Gasteiger partial charge in [0.05, 0.1) is 39.0 Å². The largest absolute Gasteiger partial charge is 0.478 e. The Bertz CT molecular complexity index is 1940. The van der Waals surface area contributed by atoms with Crippen LogP contribution in [0, 0.1) is 13.8 Å². The third-order valence-electron chi connectivity index (χ3n) is 7.28. The molecule has 0 unspecified atom stereocenters. The first-order valence-electron chi connectivity index (χ1n) is 13.1. The lowest BCUT2D eigenvalue weighted by Gasteiger charge is -2.15. The minimum atomic E-state index is -1.17. The second-order valence-corrected chi connectivity index (χ2v) is 10.5. The molecule has 0 aliphatic heterocycles. The summed E-state index contributed by atoms with van der Waals surface area (Å²) in [6, 6.07) is 23.2. The van der Waals surface area contributed by atoms with Crippen molar-refractivity contribution in [2.75, 3.05) is 0 Å². The highest BCUT2D eigenvalue weighted by atomic mass is 35.5. The minimum absolute atomic E-state index is 0.0730. The molecule has 3 aromatic carbocycles. The van der Waals surface area contributed by atoms with Crippen LogP contribution in [0.3, 0.4) is 0 Å². The van der Waals surface area contributed by atoms with Crippen molar-refractivity contribution in [2.24, 2.45) is 0 Å². The average Bonchev–Trinajstić information content (AvgIpc) is 3.71. The zero-order chi connectivity index (χ0) is 29.5. The predicted molar refractivity (Wildman–Crippen MR) is 160 cm³/mol. The monoisotopic (exact) mass is 580 g/mol. The fraction of sp³-hybridized carbons (Fsp3) is 0.0938. The molecule has 9 nitrogen and oxygen atoms in total. The van der Waals surface area contributed by atoms with Crippen molar-refractivity contribution in [2.45, 2.75) is 19.8 Å². The van der Waals surface area contributed by atoms with E-state index in [1.54, 1.807) is 18.2 Å². The molecular formula is C32H25ClN4O5. The Labute approximate surface area is 243 Å². The number of nitrogens with one attached hydrogen (secondary N) is 4. The standard InChI is InChI=1S/C32H25ClN4O5/c1-16-3-7-18(8-4-16)28-26(30(38)36-34-28)25(27-29(35-37-31(27)39)19-9-5-17(2)6-10-19)24-14-13-23(42-24)20-11-12-22(33)21(15-20)32(40)41/h3-15,25H,1-2H3,(H,40,41)(H2,34,36,38)(H2,35,37,39). The van der Waals surface area contributed by atoms with Crippen LogP contribution in [0.4, 0.5) is 0 Å². The van der Waals surface area contributed by atoms with Crippen molar-refractivity contribution in [1.29, 1.82) is 0 Å². The highest BCUT2D eigenvalue weighted by Gasteiger charge is 2.33. The van der Waals surface area contributed by atoms with Crippen LogP contribution in [-0.4, -0.2) is 31.5 Å². The summed E-state index contributed by atoms with van der Waals surface area (Å²) in [5.74, 6) is -1.45. The maximum absolute atomic E-state index is 13.5. The molecule has 0 saturated carbocycles. The minimum Gasteiger partial charge on any atom is -0.478 e. The molecule has 210 valence electrons. The number of aromatic nitrogens is 4. The molecule has 6 aromatic rings. The van der Waals surface area contributed by atoms with Crippen LogP contribution in [0.25, 0.3) is 33.8 Å². The number of benzene rings is 3. The molecule has 3 aromatic heterocycles. The van der Waals surface area contributed by atoms with Crippen LogP contribution in [0.1, 0.15) is 44.3 Å². The summed E-state index contributed by atoms with van der Waals surface area (Å²) in [6.07, 6.45) is 0. The van der Waals surface area contributed by atoms with Gasteiger partial charge in [0.1, 0.15) is 11.5 Å². The number of H-pyrrole nitrogens is 4. The summed E-state index contributed by atoms with van der Waals surface area (Å²) in [7, 11) is 0. The van der Waals surface area contributed by atoms with Crippen molar-refractivity contribution in [3.8, 4) is 33.8 Å². The van der Waals surface area contributed by atoms with Crippen molar-refractivity contribution in [1.82, 2.24) is 20.4 Å². The van der Waals surface area contributed by atoms with Crippen LogP contribution in [0.15, 0.2) is 92.9 Å². The van der Waals surface area contributed by atoms with Gasteiger partial charge in [-0.1, -0.05) is 71.3 Å². The molecule has 10 heteroatoms. The summed E-state index contributed by atoms with van der Waals surface area (Å²) in [5.41, 5.74) is 4.79. The molecule has 0 atom stereocenters. The van der Waals surface area contributed by atoms with Crippen LogP contribution in [0.2, 0.25) is 5.02 Å². The van der Waals surface area contributed by atoms with Crippen molar-refractivity contribution in [3.63, 3.8) is 0 Å². The second kappa shape index (κ2) is 10.6. The number of aryl methyl sites for hydroxylation is 2. The fourth-order valence-electron chi connectivity index (χ4n) is 5.12. The van der Waals surface area contributed by atoms with Gasteiger partial charge in [-0.05, 0) is 55.3 Å².